The number of hydrogen-bond donors (Lipinski definition) is 2. The maximum absolute atomic E-state index is 11.5. The zero-order valence-corrected chi connectivity index (χ0v) is 10.5. The largest absolute Gasteiger partial charge is 0.469 e. The molecule has 2 heterocycles. The molecule has 0 bridgehead atoms. The van der Waals surface area contributed by atoms with Crippen molar-refractivity contribution in [3.05, 3.63) is 42.6 Å². The highest BCUT2D eigenvalue weighted by molar-refractivity contribution is 5.76. The highest BCUT2D eigenvalue weighted by Gasteiger charge is 2.03. The lowest BCUT2D eigenvalue weighted by atomic mass is 10.2. The van der Waals surface area contributed by atoms with Gasteiger partial charge in [0, 0.05) is 38.3 Å². The number of aryl methyl sites for hydroxylation is 1. The molecule has 2 aromatic heterocycles. The van der Waals surface area contributed by atoms with Gasteiger partial charge in [-0.3, -0.25) is 4.79 Å². The number of aromatic nitrogens is 2. The van der Waals surface area contributed by atoms with Gasteiger partial charge in [0.05, 0.1) is 6.26 Å². The lowest BCUT2D eigenvalue weighted by Crippen LogP contribution is -2.29. The Balaban J connectivity index is 1.57. The molecule has 0 aromatic carbocycles. The first-order valence-electron chi connectivity index (χ1n) is 6.14. The van der Waals surface area contributed by atoms with Gasteiger partial charge in [-0.2, -0.15) is 0 Å². The maximum atomic E-state index is 11.5. The van der Waals surface area contributed by atoms with E-state index in [0.717, 1.165) is 5.76 Å². The molecule has 2 N–H and O–H groups in total. The Bertz CT molecular complexity index is 485. The molecule has 0 atom stereocenters. The van der Waals surface area contributed by atoms with E-state index >= 15 is 0 Å². The molecule has 6 heteroatoms. The third-order valence-corrected chi connectivity index (χ3v) is 2.47. The van der Waals surface area contributed by atoms with Gasteiger partial charge in [0.1, 0.15) is 5.76 Å². The second kappa shape index (κ2) is 7.15. The first-order chi connectivity index (χ1) is 9.34. The van der Waals surface area contributed by atoms with Gasteiger partial charge >= 0.3 is 0 Å². The lowest BCUT2D eigenvalue weighted by molar-refractivity contribution is -0.121. The summed E-state index contributed by atoms with van der Waals surface area (Å²) in [6.45, 7) is 1.13. The van der Waals surface area contributed by atoms with E-state index in [1.807, 2.05) is 12.1 Å². The summed E-state index contributed by atoms with van der Waals surface area (Å²) < 4.78 is 5.16. The van der Waals surface area contributed by atoms with Crippen molar-refractivity contribution in [2.45, 2.75) is 12.8 Å². The Hall–Kier alpha value is -2.37. The molecule has 0 saturated heterocycles. The van der Waals surface area contributed by atoms with Crippen LogP contribution < -0.4 is 10.6 Å². The van der Waals surface area contributed by atoms with Crippen LogP contribution in [0.4, 0.5) is 5.95 Å². The average Bonchev–Trinajstić information content (AvgIpc) is 2.96. The molecule has 0 radical (unpaired) electrons. The van der Waals surface area contributed by atoms with Crippen molar-refractivity contribution in [3.8, 4) is 0 Å². The van der Waals surface area contributed by atoms with Crippen LogP contribution in [0.25, 0.3) is 0 Å². The van der Waals surface area contributed by atoms with Crippen LogP contribution in [0.3, 0.4) is 0 Å². The Kier molecular flexibility index (Phi) is 4.92. The molecule has 0 aliphatic rings. The molecule has 0 saturated carbocycles. The molecular weight excluding hydrogens is 244 g/mol. The fourth-order valence-electron chi connectivity index (χ4n) is 1.55. The van der Waals surface area contributed by atoms with E-state index in [1.54, 1.807) is 24.7 Å². The topological polar surface area (TPSA) is 80.0 Å². The second-order valence-electron chi connectivity index (χ2n) is 3.93. The monoisotopic (exact) mass is 260 g/mol. The molecule has 19 heavy (non-hydrogen) atoms. The third kappa shape index (κ3) is 4.79. The quantitative estimate of drug-likeness (QED) is 0.732. The number of furan rings is 1. The minimum atomic E-state index is 0.00665. The minimum absolute atomic E-state index is 0.00665. The predicted molar refractivity (Wildman–Crippen MR) is 70.6 cm³/mol. The summed E-state index contributed by atoms with van der Waals surface area (Å²) in [6.07, 6.45) is 5.98. The van der Waals surface area contributed by atoms with Crippen molar-refractivity contribution < 1.29 is 9.21 Å². The molecule has 100 valence electrons. The van der Waals surface area contributed by atoms with Gasteiger partial charge in [0.2, 0.25) is 11.9 Å². The lowest BCUT2D eigenvalue weighted by Gasteiger charge is -2.06. The first-order valence-corrected chi connectivity index (χ1v) is 6.14. The Labute approximate surface area is 111 Å². The summed E-state index contributed by atoms with van der Waals surface area (Å²) in [6, 6.07) is 5.43. The van der Waals surface area contributed by atoms with Gasteiger partial charge in [-0.25, -0.2) is 9.97 Å². The second-order valence-corrected chi connectivity index (χ2v) is 3.93. The zero-order chi connectivity index (χ0) is 13.3. The van der Waals surface area contributed by atoms with Gasteiger partial charge in [-0.05, 0) is 18.2 Å². The van der Waals surface area contributed by atoms with Crippen LogP contribution in [0.2, 0.25) is 0 Å². The fourth-order valence-corrected chi connectivity index (χ4v) is 1.55. The van der Waals surface area contributed by atoms with E-state index < -0.39 is 0 Å². The Morgan fingerprint density at radius 1 is 1.21 bits per heavy atom. The van der Waals surface area contributed by atoms with Gasteiger partial charge in [-0.15, -0.1) is 0 Å². The normalized spacial score (nSPS) is 10.1. The predicted octanol–water partition coefficient (Wildman–Crippen LogP) is 1.23. The van der Waals surface area contributed by atoms with Gasteiger partial charge in [0.25, 0.3) is 0 Å². The maximum Gasteiger partial charge on any atom is 0.222 e. The Morgan fingerprint density at radius 2 is 2.05 bits per heavy atom. The minimum Gasteiger partial charge on any atom is -0.469 e. The molecule has 2 aromatic rings. The number of anilines is 1. The van der Waals surface area contributed by atoms with Crippen molar-refractivity contribution >= 4 is 11.9 Å². The summed E-state index contributed by atoms with van der Waals surface area (Å²) in [5.41, 5.74) is 0. The number of carbonyl (C=O) groups is 1. The summed E-state index contributed by atoms with van der Waals surface area (Å²) >= 11 is 0. The molecule has 2 rings (SSSR count). The molecule has 0 fully saturated rings. The number of carbonyl (C=O) groups excluding carboxylic acids is 1. The smallest absolute Gasteiger partial charge is 0.222 e. The van der Waals surface area contributed by atoms with E-state index in [-0.39, 0.29) is 5.91 Å². The molecule has 0 aliphatic carbocycles. The highest BCUT2D eigenvalue weighted by Crippen LogP contribution is 2.03. The summed E-state index contributed by atoms with van der Waals surface area (Å²) in [5, 5.41) is 5.83. The van der Waals surface area contributed by atoms with Crippen molar-refractivity contribution in [1.29, 1.82) is 0 Å². The number of rotatable bonds is 7. The van der Waals surface area contributed by atoms with E-state index in [2.05, 4.69) is 20.6 Å². The standard InChI is InChI=1S/C13H16N4O2/c18-12(5-4-11-3-1-10-19-11)14-8-9-17-13-15-6-2-7-16-13/h1-3,6-7,10H,4-5,8-9H2,(H,14,18)(H,15,16,17). The van der Waals surface area contributed by atoms with Crippen LogP contribution >= 0.6 is 0 Å². The van der Waals surface area contributed by atoms with Gasteiger partial charge in [-0.1, -0.05) is 0 Å². The molecule has 0 spiro atoms. The van der Waals surface area contributed by atoms with Crippen molar-refractivity contribution in [3.63, 3.8) is 0 Å². The molecule has 0 unspecified atom stereocenters. The van der Waals surface area contributed by atoms with E-state index in [4.69, 9.17) is 4.42 Å². The van der Waals surface area contributed by atoms with Crippen molar-refractivity contribution in [1.82, 2.24) is 15.3 Å². The fraction of sp³-hybridized carbons (Fsp3) is 0.308. The van der Waals surface area contributed by atoms with E-state index in [0.29, 0.717) is 31.9 Å². The van der Waals surface area contributed by atoms with Crippen molar-refractivity contribution in [2.24, 2.45) is 0 Å². The average molecular weight is 260 g/mol. The number of amides is 1. The zero-order valence-electron chi connectivity index (χ0n) is 10.5. The van der Waals surface area contributed by atoms with Crippen LogP contribution in [-0.2, 0) is 11.2 Å². The number of hydrogen-bond acceptors (Lipinski definition) is 5. The highest BCUT2D eigenvalue weighted by atomic mass is 16.3. The van der Waals surface area contributed by atoms with E-state index in [1.165, 1.54) is 0 Å². The summed E-state index contributed by atoms with van der Waals surface area (Å²) in [4.78, 5) is 19.6. The van der Waals surface area contributed by atoms with Crippen LogP contribution in [-0.4, -0.2) is 29.0 Å². The SMILES string of the molecule is O=C(CCc1ccco1)NCCNc1ncccn1. The Morgan fingerprint density at radius 3 is 2.79 bits per heavy atom. The van der Waals surface area contributed by atoms with Crippen LogP contribution in [0, 0.1) is 0 Å². The van der Waals surface area contributed by atoms with Crippen molar-refractivity contribution in [2.75, 3.05) is 18.4 Å². The molecule has 0 aliphatic heterocycles. The molecule has 6 nitrogen and oxygen atoms in total. The van der Waals surface area contributed by atoms with E-state index in [9.17, 15) is 4.79 Å². The first kappa shape index (κ1) is 13.1. The molecule has 1 amide bonds. The summed E-state index contributed by atoms with van der Waals surface area (Å²) in [7, 11) is 0. The summed E-state index contributed by atoms with van der Waals surface area (Å²) in [5.74, 6) is 1.39. The molecular formula is C13H16N4O2. The van der Waals surface area contributed by atoms with Gasteiger partial charge in [0.15, 0.2) is 0 Å². The number of nitrogens with zero attached hydrogens (tertiary/aromatic N) is 2. The third-order valence-electron chi connectivity index (χ3n) is 2.47. The van der Waals surface area contributed by atoms with Crippen LogP contribution in [0.5, 0.6) is 0 Å². The van der Waals surface area contributed by atoms with Crippen LogP contribution in [0.1, 0.15) is 12.2 Å². The number of nitrogens with one attached hydrogen (secondary N) is 2. The van der Waals surface area contributed by atoms with Crippen LogP contribution in [0.15, 0.2) is 41.3 Å². The van der Waals surface area contributed by atoms with Gasteiger partial charge < -0.3 is 15.1 Å².